The van der Waals surface area contributed by atoms with Crippen LogP contribution in [0.4, 0.5) is 5.82 Å². The highest BCUT2D eigenvalue weighted by molar-refractivity contribution is 6.31. The molecule has 0 bridgehead atoms. The van der Waals surface area contributed by atoms with Gasteiger partial charge in [0.05, 0.1) is 26.4 Å². The quantitative estimate of drug-likeness (QED) is 0.535. The molecule has 8 heteroatoms. The SMILES string of the molecule is COc1ccccc1OCCN(C)CC(=O)Nc1ccnn1Cc1ccccc1Cl. The zero-order valence-corrected chi connectivity index (χ0v) is 17.8. The summed E-state index contributed by atoms with van der Waals surface area (Å²) in [6, 6.07) is 16.8. The first kappa shape index (κ1) is 21.7. The van der Waals surface area contributed by atoms with Crippen molar-refractivity contribution in [2.45, 2.75) is 6.54 Å². The summed E-state index contributed by atoms with van der Waals surface area (Å²) in [7, 11) is 3.47. The Morgan fingerprint density at radius 3 is 2.63 bits per heavy atom. The van der Waals surface area contributed by atoms with E-state index in [2.05, 4.69) is 10.4 Å². The lowest BCUT2D eigenvalue weighted by Gasteiger charge is -2.17. The van der Waals surface area contributed by atoms with Crippen LogP contribution in [0.25, 0.3) is 0 Å². The minimum Gasteiger partial charge on any atom is -0.493 e. The molecule has 0 spiro atoms. The van der Waals surface area contributed by atoms with Crippen molar-refractivity contribution in [2.24, 2.45) is 0 Å². The van der Waals surface area contributed by atoms with Crippen molar-refractivity contribution in [3.8, 4) is 11.5 Å². The standard InChI is InChI=1S/C22H25ClN4O3/c1-26(13-14-30-20-10-6-5-9-19(20)29-2)16-22(28)25-21-11-12-24-27(21)15-17-7-3-4-8-18(17)23/h3-12H,13-16H2,1-2H3,(H,25,28). The number of aromatic nitrogens is 2. The van der Waals surface area contributed by atoms with Crippen molar-refractivity contribution >= 4 is 23.3 Å². The molecule has 0 atom stereocenters. The van der Waals surface area contributed by atoms with Crippen LogP contribution in [-0.4, -0.2) is 54.4 Å². The van der Waals surface area contributed by atoms with Gasteiger partial charge in [0, 0.05) is 17.6 Å². The Labute approximate surface area is 181 Å². The number of likely N-dealkylation sites (N-methyl/N-ethyl adjacent to an activating group) is 1. The molecule has 1 heterocycles. The second kappa shape index (κ2) is 10.7. The summed E-state index contributed by atoms with van der Waals surface area (Å²) in [6.07, 6.45) is 1.65. The largest absolute Gasteiger partial charge is 0.493 e. The van der Waals surface area contributed by atoms with Crippen molar-refractivity contribution in [2.75, 3.05) is 39.2 Å². The predicted octanol–water partition coefficient (Wildman–Crippen LogP) is 3.54. The second-order valence-corrected chi connectivity index (χ2v) is 7.16. The van der Waals surface area contributed by atoms with Crippen LogP contribution < -0.4 is 14.8 Å². The van der Waals surface area contributed by atoms with Crippen molar-refractivity contribution in [3.63, 3.8) is 0 Å². The molecule has 1 aromatic heterocycles. The number of hydrogen-bond donors (Lipinski definition) is 1. The fourth-order valence-electron chi connectivity index (χ4n) is 2.91. The van der Waals surface area contributed by atoms with Gasteiger partial charge in [-0.2, -0.15) is 5.10 Å². The Balaban J connectivity index is 1.48. The zero-order valence-electron chi connectivity index (χ0n) is 17.0. The van der Waals surface area contributed by atoms with Crippen LogP contribution in [0.5, 0.6) is 11.5 Å². The first-order chi connectivity index (χ1) is 14.6. The van der Waals surface area contributed by atoms with Gasteiger partial charge in [0.2, 0.25) is 5.91 Å². The number of halogens is 1. The van der Waals surface area contributed by atoms with E-state index in [1.165, 1.54) is 0 Å². The average molecular weight is 429 g/mol. The number of carbonyl (C=O) groups excluding carboxylic acids is 1. The first-order valence-electron chi connectivity index (χ1n) is 9.56. The van der Waals surface area contributed by atoms with E-state index in [9.17, 15) is 4.79 Å². The molecule has 2 aromatic carbocycles. The number of benzene rings is 2. The highest BCUT2D eigenvalue weighted by atomic mass is 35.5. The number of para-hydroxylation sites is 2. The van der Waals surface area contributed by atoms with Crippen LogP contribution in [0, 0.1) is 0 Å². The van der Waals surface area contributed by atoms with E-state index in [0.717, 1.165) is 5.56 Å². The van der Waals surface area contributed by atoms with Gasteiger partial charge < -0.3 is 14.8 Å². The van der Waals surface area contributed by atoms with Gasteiger partial charge in [-0.3, -0.25) is 9.69 Å². The third-order valence-electron chi connectivity index (χ3n) is 4.48. The van der Waals surface area contributed by atoms with Gasteiger partial charge in [-0.1, -0.05) is 41.9 Å². The Bertz CT molecular complexity index is 976. The topological polar surface area (TPSA) is 68.6 Å². The molecule has 1 amide bonds. The van der Waals surface area contributed by atoms with Crippen LogP contribution in [0.1, 0.15) is 5.56 Å². The number of carbonyl (C=O) groups is 1. The molecule has 0 unspecified atom stereocenters. The second-order valence-electron chi connectivity index (χ2n) is 6.75. The van der Waals surface area contributed by atoms with Crippen LogP contribution >= 0.6 is 11.6 Å². The normalized spacial score (nSPS) is 10.8. The lowest BCUT2D eigenvalue weighted by molar-refractivity contribution is -0.117. The fourth-order valence-corrected chi connectivity index (χ4v) is 3.10. The molecule has 30 heavy (non-hydrogen) atoms. The highest BCUT2D eigenvalue weighted by Gasteiger charge is 2.12. The van der Waals surface area contributed by atoms with E-state index in [0.29, 0.717) is 42.0 Å². The smallest absolute Gasteiger partial charge is 0.239 e. The number of anilines is 1. The van der Waals surface area contributed by atoms with Gasteiger partial charge in [-0.25, -0.2) is 4.68 Å². The van der Waals surface area contributed by atoms with Crippen molar-refractivity contribution < 1.29 is 14.3 Å². The lowest BCUT2D eigenvalue weighted by atomic mass is 10.2. The molecule has 7 nitrogen and oxygen atoms in total. The summed E-state index contributed by atoms with van der Waals surface area (Å²) in [5.74, 6) is 1.86. The monoisotopic (exact) mass is 428 g/mol. The molecule has 0 aliphatic rings. The Morgan fingerprint density at radius 1 is 1.13 bits per heavy atom. The predicted molar refractivity (Wildman–Crippen MR) is 117 cm³/mol. The van der Waals surface area contributed by atoms with Crippen LogP contribution in [0.15, 0.2) is 60.8 Å². The Hall–Kier alpha value is -3.03. The third kappa shape index (κ3) is 5.98. The Kier molecular flexibility index (Phi) is 7.70. The first-order valence-corrected chi connectivity index (χ1v) is 9.94. The average Bonchev–Trinajstić information content (AvgIpc) is 3.16. The molecule has 158 valence electrons. The van der Waals surface area contributed by atoms with Gasteiger partial charge in [0.15, 0.2) is 11.5 Å². The molecule has 1 N–H and O–H groups in total. The number of nitrogens with one attached hydrogen (secondary N) is 1. The molecular weight excluding hydrogens is 404 g/mol. The Morgan fingerprint density at radius 2 is 1.87 bits per heavy atom. The molecule has 0 radical (unpaired) electrons. The summed E-state index contributed by atoms with van der Waals surface area (Å²) in [6.45, 7) is 1.73. The molecule has 0 saturated carbocycles. The lowest BCUT2D eigenvalue weighted by Crippen LogP contribution is -2.33. The maximum atomic E-state index is 12.4. The van der Waals surface area contributed by atoms with E-state index in [4.69, 9.17) is 21.1 Å². The molecule has 0 aliphatic heterocycles. The van der Waals surface area contributed by atoms with Crippen LogP contribution in [-0.2, 0) is 11.3 Å². The van der Waals surface area contributed by atoms with Gasteiger partial charge in [-0.05, 0) is 30.8 Å². The van der Waals surface area contributed by atoms with Crippen molar-refractivity contribution in [3.05, 3.63) is 71.4 Å². The van der Waals surface area contributed by atoms with E-state index >= 15 is 0 Å². The van der Waals surface area contributed by atoms with E-state index in [1.54, 1.807) is 24.1 Å². The van der Waals surface area contributed by atoms with Crippen molar-refractivity contribution in [1.29, 1.82) is 0 Å². The zero-order chi connectivity index (χ0) is 21.3. The molecular formula is C22H25ClN4O3. The maximum Gasteiger partial charge on any atom is 0.239 e. The number of methoxy groups -OCH3 is 1. The fraction of sp³-hybridized carbons (Fsp3) is 0.273. The molecule has 3 rings (SSSR count). The van der Waals surface area contributed by atoms with Gasteiger partial charge in [-0.15, -0.1) is 0 Å². The van der Waals surface area contributed by atoms with E-state index in [-0.39, 0.29) is 12.5 Å². The van der Waals surface area contributed by atoms with Gasteiger partial charge >= 0.3 is 0 Å². The van der Waals surface area contributed by atoms with Crippen LogP contribution in [0.2, 0.25) is 5.02 Å². The number of rotatable bonds is 10. The molecule has 0 aliphatic carbocycles. The molecule has 0 fully saturated rings. The highest BCUT2D eigenvalue weighted by Crippen LogP contribution is 2.25. The van der Waals surface area contributed by atoms with Crippen LogP contribution in [0.3, 0.4) is 0 Å². The summed E-state index contributed by atoms with van der Waals surface area (Å²) >= 11 is 6.23. The van der Waals surface area contributed by atoms with Crippen molar-refractivity contribution in [1.82, 2.24) is 14.7 Å². The van der Waals surface area contributed by atoms with Gasteiger partial charge in [0.25, 0.3) is 0 Å². The number of nitrogens with zero attached hydrogens (tertiary/aromatic N) is 3. The van der Waals surface area contributed by atoms with Gasteiger partial charge in [0.1, 0.15) is 12.4 Å². The molecule has 0 saturated heterocycles. The maximum absolute atomic E-state index is 12.4. The summed E-state index contributed by atoms with van der Waals surface area (Å²) < 4.78 is 12.7. The summed E-state index contributed by atoms with van der Waals surface area (Å²) in [4.78, 5) is 14.3. The van der Waals surface area contributed by atoms with E-state index in [1.807, 2.05) is 60.5 Å². The number of ether oxygens (including phenoxy) is 2. The van der Waals surface area contributed by atoms with E-state index < -0.39 is 0 Å². The summed E-state index contributed by atoms with van der Waals surface area (Å²) in [5.41, 5.74) is 0.934. The molecule has 3 aromatic rings. The third-order valence-corrected chi connectivity index (χ3v) is 4.84. The summed E-state index contributed by atoms with van der Waals surface area (Å²) in [5, 5.41) is 7.85. The number of hydrogen-bond acceptors (Lipinski definition) is 5. The number of amides is 1. The minimum atomic E-state index is -0.129. The minimum absolute atomic E-state index is 0.129.